The maximum atomic E-state index is 11.5. The van der Waals surface area contributed by atoms with Crippen molar-refractivity contribution in [2.24, 2.45) is 0 Å². The normalized spacial score (nSPS) is 18.5. The van der Waals surface area contributed by atoms with Crippen molar-refractivity contribution >= 4 is 24.4 Å². The lowest BCUT2D eigenvalue weighted by Gasteiger charge is -2.17. The summed E-state index contributed by atoms with van der Waals surface area (Å²) < 4.78 is 0. The molecule has 2 amide bonds. The zero-order valence-electron chi connectivity index (χ0n) is 8.37. The average Bonchev–Trinajstić information content (AvgIpc) is 2.32. The fraction of sp³-hybridized carbons (Fsp3) is 0.800. The fourth-order valence-corrected chi connectivity index (χ4v) is 1.82. The molecule has 14 heavy (non-hydrogen) atoms. The predicted octanol–water partition coefficient (Wildman–Crippen LogP) is 1.63. The molecule has 80 valence electrons. The number of thiol groups is 1. The molecule has 0 spiro atoms. The number of hydrogen-bond acceptors (Lipinski definition) is 3. The second-order valence-electron chi connectivity index (χ2n) is 3.58. The first-order valence-corrected chi connectivity index (χ1v) is 5.83. The second-order valence-corrected chi connectivity index (χ2v) is 4.02. The third-order valence-electron chi connectivity index (χ3n) is 2.42. The number of carbonyl (C=O) groups is 2. The molecule has 1 heterocycles. The minimum Gasteiger partial charge on any atom is -0.283 e. The summed E-state index contributed by atoms with van der Waals surface area (Å²) in [6.07, 6.45) is 4.61. The van der Waals surface area contributed by atoms with Crippen LogP contribution in [0.2, 0.25) is 0 Å². The molecule has 0 unspecified atom stereocenters. The van der Waals surface area contributed by atoms with Gasteiger partial charge in [0.15, 0.2) is 0 Å². The number of imide groups is 1. The largest absolute Gasteiger partial charge is 0.283 e. The van der Waals surface area contributed by atoms with Gasteiger partial charge in [0.1, 0.15) is 0 Å². The van der Waals surface area contributed by atoms with Crippen LogP contribution in [0, 0.1) is 0 Å². The van der Waals surface area contributed by atoms with E-state index >= 15 is 0 Å². The molecule has 4 heteroatoms. The molecule has 0 aromatic heterocycles. The molecule has 3 nitrogen and oxygen atoms in total. The SMILES string of the molecule is O=C1CCCCC(=O)N1CCCCS. The van der Waals surface area contributed by atoms with Crippen molar-refractivity contribution in [1.29, 1.82) is 0 Å². The highest BCUT2D eigenvalue weighted by molar-refractivity contribution is 7.80. The number of nitrogens with zero attached hydrogens (tertiary/aromatic N) is 1. The fourth-order valence-electron chi connectivity index (χ4n) is 1.59. The Bertz CT molecular complexity index is 200. The Kier molecular flexibility index (Phi) is 5.01. The van der Waals surface area contributed by atoms with E-state index in [1.165, 1.54) is 4.90 Å². The van der Waals surface area contributed by atoms with E-state index < -0.39 is 0 Å². The van der Waals surface area contributed by atoms with Crippen molar-refractivity contribution < 1.29 is 9.59 Å². The van der Waals surface area contributed by atoms with Crippen LogP contribution in [-0.2, 0) is 9.59 Å². The van der Waals surface area contributed by atoms with Crippen molar-refractivity contribution in [3.8, 4) is 0 Å². The zero-order valence-corrected chi connectivity index (χ0v) is 9.26. The van der Waals surface area contributed by atoms with Gasteiger partial charge in [-0.3, -0.25) is 14.5 Å². The molecule has 0 aromatic carbocycles. The van der Waals surface area contributed by atoms with Gasteiger partial charge in [-0.15, -0.1) is 0 Å². The summed E-state index contributed by atoms with van der Waals surface area (Å²) >= 11 is 4.10. The molecule has 1 aliphatic rings. The minimum absolute atomic E-state index is 0.00617. The van der Waals surface area contributed by atoms with Gasteiger partial charge in [-0.25, -0.2) is 0 Å². The molecule has 0 radical (unpaired) electrons. The van der Waals surface area contributed by atoms with Gasteiger partial charge in [-0.1, -0.05) is 0 Å². The number of unbranched alkanes of at least 4 members (excludes halogenated alkanes) is 1. The lowest BCUT2D eigenvalue weighted by Crippen LogP contribution is -2.35. The number of rotatable bonds is 4. The van der Waals surface area contributed by atoms with Crippen molar-refractivity contribution in [2.45, 2.75) is 38.5 Å². The van der Waals surface area contributed by atoms with Crippen LogP contribution in [0.1, 0.15) is 38.5 Å². The Hall–Kier alpha value is -0.510. The monoisotopic (exact) mass is 215 g/mol. The van der Waals surface area contributed by atoms with Gasteiger partial charge >= 0.3 is 0 Å². The highest BCUT2D eigenvalue weighted by Crippen LogP contribution is 2.13. The first-order valence-electron chi connectivity index (χ1n) is 5.20. The third kappa shape index (κ3) is 3.33. The maximum Gasteiger partial charge on any atom is 0.229 e. The topological polar surface area (TPSA) is 37.4 Å². The van der Waals surface area contributed by atoms with Crippen LogP contribution in [0.3, 0.4) is 0 Å². The number of likely N-dealkylation sites (tertiary alicyclic amines) is 1. The Morgan fingerprint density at radius 1 is 1.07 bits per heavy atom. The van der Waals surface area contributed by atoms with Crippen LogP contribution in [0.25, 0.3) is 0 Å². The first-order chi connectivity index (χ1) is 6.75. The number of carbonyl (C=O) groups excluding carboxylic acids is 2. The van der Waals surface area contributed by atoms with Crippen LogP contribution < -0.4 is 0 Å². The minimum atomic E-state index is 0.00617. The van der Waals surface area contributed by atoms with E-state index in [0.29, 0.717) is 19.4 Å². The molecule has 0 aromatic rings. The van der Waals surface area contributed by atoms with Crippen molar-refractivity contribution in [1.82, 2.24) is 4.90 Å². The summed E-state index contributed by atoms with van der Waals surface area (Å²) in [7, 11) is 0. The maximum absolute atomic E-state index is 11.5. The second kappa shape index (κ2) is 6.06. The number of amides is 2. The van der Waals surface area contributed by atoms with E-state index in [-0.39, 0.29) is 11.8 Å². The van der Waals surface area contributed by atoms with Gasteiger partial charge in [0, 0.05) is 19.4 Å². The summed E-state index contributed by atoms with van der Waals surface area (Å²) in [6.45, 7) is 0.582. The van der Waals surface area contributed by atoms with E-state index in [1.807, 2.05) is 0 Å². The highest BCUT2D eigenvalue weighted by Gasteiger charge is 2.22. The van der Waals surface area contributed by atoms with E-state index in [2.05, 4.69) is 12.6 Å². The molecule has 1 aliphatic heterocycles. The Balaban J connectivity index is 2.44. The number of hydrogen-bond donors (Lipinski definition) is 1. The Morgan fingerprint density at radius 3 is 2.14 bits per heavy atom. The van der Waals surface area contributed by atoms with Crippen molar-refractivity contribution in [3.05, 3.63) is 0 Å². The first kappa shape index (κ1) is 11.6. The molecule has 1 fully saturated rings. The van der Waals surface area contributed by atoms with Crippen molar-refractivity contribution in [3.63, 3.8) is 0 Å². The molecule has 0 N–H and O–H groups in total. The summed E-state index contributed by atoms with van der Waals surface area (Å²) in [5.41, 5.74) is 0. The standard InChI is InChI=1S/C10H17NO2S/c12-9-5-1-2-6-10(13)11(9)7-3-4-8-14/h14H,1-8H2. The van der Waals surface area contributed by atoms with Gasteiger partial charge in [0.2, 0.25) is 11.8 Å². The van der Waals surface area contributed by atoms with Gasteiger partial charge in [0.05, 0.1) is 0 Å². The average molecular weight is 215 g/mol. The van der Waals surface area contributed by atoms with Crippen LogP contribution in [0.15, 0.2) is 0 Å². The van der Waals surface area contributed by atoms with Gasteiger partial charge in [0.25, 0.3) is 0 Å². The third-order valence-corrected chi connectivity index (χ3v) is 2.74. The summed E-state index contributed by atoms with van der Waals surface area (Å²) in [5, 5.41) is 0. The summed E-state index contributed by atoms with van der Waals surface area (Å²) in [5.74, 6) is 0.828. The van der Waals surface area contributed by atoms with E-state index in [4.69, 9.17) is 0 Å². The Labute approximate surface area is 90.3 Å². The van der Waals surface area contributed by atoms with Gasteiger partial charge < -0.3 is 0 Å². The van der Waals surface area contributed by atoms with Gasteiger partial charge in [-0.05, 0) is 31.4 Å². The zero-order chi connectivity index (χ0) is 10.4. The van der Waals surface area contributed by atoms with E-state index in [1.54, 1.807) is 0 Å². The lowest BCUT2D eigenvalue weighted by molar-refractivity contribution is -0.143. The summed E-state index contributed by atoms with van der Waals surface area (Å²) in [6, 6.07) is 0. The molecule has 1 saturated heterocycles. The van der Waals surface area contributed by atoms with Crippen LogP contribution in [0.5, 0.6) is 0 Å². The predicted molar refractivity (Wildman–Crippen MR) is 58.3 cm³/mol. The molecule has 0 bridgehead atoms. The molecule has 0 aliphatic carbocycles. The molecule has 0 atom stereocenters. The van der Waals surface area contributed by atoms with E-state index in [0.717, 1.165) is 31.4 Å². The molecular formula is C10H17NO2S. The quantitative estimate of drug-likeness (QED) is 0.439. The molecule has 1 rings (SSSR count). The lowest BCUT2D eigenvalue weighted by atomic mass is 10.2. The Morgan fingerprint density at radius 2 is 1.64 bits per heavy atom. The van der Waals surface area contributed by atoms with E-state index in [9.17, 15) is 9.59 Å². The molecule has 0 saturated carbocycles. The van der Waals surface area contributed by atoms with Gasteiger partial charge in [-0.2, -0.15) is 12.6 Å². The molecular weight excluding hydrogens is 198 g/mol. The van der Waals surface area contributed by atoms with Crippen LogP contribution in [0.4, 0.5) is 0 Å². The van der Waals surface area contributed by atoms with Crippen LogP contribution in [-0.4, -0.2) is 29.0 Å². The highest BCUT2D eigenvalue weighted by atomic mass is 32.1. The smallest absolute Gasteiger partial charge is 0.229 e. The van der Waals surface area contributed by atoms with Crippen molar-refractivity contribution in [2.75, 3.05) is 12.3 Å². The summed E-state index contributed by atoms with van der Waals surface area (Å²) in [4.78, 5) is 24.4. The van der Waals surface area contributed by atoms with Crippen LogP contribution >= 0.6 is 12.6 Å².